The van der Waals surface area contributed by atoms with Crippen LogP contribution < -0.4 is 5.32 Å². The van der Waals surface area contributed by atoms with Crippen LogP contribution in [0, 0.1) is 12.8 Å². The molecule has 0 saturated carbocycles. The van der Waals surface area contributed by atoms with E-state index in [9.17, 15) is 4.79 Å². The molecule has 0 spiro atoms. The normalized spacial score (nSPS) is 12.6. The summed E-state index contributed by atoms with van der Waals surface area (Å²) in [5, 5.41) is 3.24. The van der Waals surface area contributed by atoms with Gasteiger partial charge in [0.25, 0.3) is 0 Å². The Labute approximate surface area is 117 Å². The molecule has 0 aliphatic rings. The van der Waals surface area contributed by atoms with Gasteiger partial charge in [-0.2, -0.15) is 0 Å². The molecule has 1 unspecified atom stereocenters. The number of hydrogen-bond donors (Lipinski definition) is 1. The molecule has 1 N–H and O–H groups in total. The van der Waals surface area contributed by atoms with Gasteiger partial charge in [-0.15, -0.1) is 0 Å². The van der Waals surface area contributed by atoms with Gasteiger partial charge in [0.05, 0.1) is 7.11 Å². The molecule has 1 aromatic carbocycles. The Morgan fingerprint density at radius 3 is 2.61 bits per heavy atom. The Hall–Kier alpha value is -0.870. The lowest BCUT2D eigenvalue weighted by Crippen LogP contribution is -2.41. The first-order valence-electron chi connectivity index (χ1n) is 6.02. The molecule has 4 heteroatoms. The molecule has 100 valence electrons. The number of halogens is 1. The van der Waals surface area contributed by atoms with E-state index >= 15 is 0 Å². The van der Waals surface area contributed by atoms with Crippen LogP contribution in [-0.2, 0) is 16.1 Å². The molecule has 0 fully saturated rings. The van der Waals surface area contributed by atoms with Crippen molar-refractivity contribution in [2.24, 2.45) is 5.92 Å². The van der Waals surface area contributed by atoms with Crippen molar-refractivity contribution in [1.29, 1.82) is 0 Å². The maximum atomic E-state index is 11.6. The quantitative estimate of drug-likeness (QED) is 0.849. The van der Waals surface area contributed by atoms with Crippen LogP contribution >= 0.6 is 15.9 Å². The Bertz CT molecular complexity index is 418. The minimum absolute atomic E-state index is 0.196. The van der Waals surface area contributed by atoms with Crippen LogP contribution in [0.4, 0.5) is 0 Å². The first kappa shape index (κ1) is 15.2. The van der Waals surface area contributed by atoms with Crippen molar-refractivity contribution in [2.45, 2.75) is 33.4 Å². The molecule has 0 radical (unpaired) electrons. The van der Waals surface area contributed by atoms with Crippen molar-refractivity contribution in [3.8, 4) is 0 Å². The van der Waals surface area contributed by atoms with E-state index in [-0.39, 0.29) is 17.9 Å². The Kier molecular flexibility index (Phi) is 5.82. The Morgan fingerprint density at radius 1 is 1.44 bits per heavy atom. The fraction of sp³-hybridized carbons (Fsp3) is 0.500. The van der Waals surface area contributed by atoms with Gasteiger partial charge in [-0.05, 0) is 30.0 Å². The molecule has 18 heavy (non-hydrogen) atoms. The summed E-state index contributed by atoms with van der Waals surface area (Å²) in [4.78, 5) is 11.6. The van der Waals surface area contributed by atoms with E-state index in [1.54, 1.807) is 0 Å². The van der Waals surface area contributed by atoms with Crippen molar-refractivity contribution in [1.82, 2.24) is 5.32 Å². The Morgan fingerprint density at radius 2 is 2.11 bits per heavy atom. The molecule has 0 saturated heterocycles. The number of carbonyl (C=O) groups excluding carboxylic acids is 1. The molecule has 1 rings (SSSR count). The molecule has 1 atom stereocenters. The molecular weight excluding hydrogens is 294 g/mol. The van der Waals surface area contributed by atoms with E-state index in [1.807, 2.05) is 20.8 Å². The third-order valence-electron chi connectivity index (χ3n) is 2.84. The van der Waals surface area contributed by atoms with Gasteiger partial charge in [0.2, 0.25) is 0 Å². The number of ether oxygens (including phenoxy) is 1. The van der Waals surface area contributed by atoms with E-state index in [2.05, 4.69) is 39.4 Å². The largest absolute Gasteiger partial charge is 0.468 e. The number of aryl methyl sites for hydroxylation is 1. The molecule has 0 amide bonds. The lowest BCUT2D eigenvalue weighted by atomic mass is 10.0. The van der Waals surface area contributed by atoms with E-state index in [0.717, 1.165) is 10.0 Å². The second-order valence-corrected chi connectivity index (χ2v) is 5.57. The van der Waals surface area contributed by atoms with Crippen molar-refractivity contribution in [3.05, 3.63) is 33.8 Å². The zero-order valence-electron chi connectivity index (χ0n) is 11.3. The van der Waals surface area contributed by atoms with Gasteiger partial charge in [-0.3, -0.25) is 4.79 Å². The minimum Gasteiger partial charge on any atom is -0.468 e. The predicted molar refractivity (Wildman–Crippen MR) is 76.4 cm³/mol. The second-order valence-electron chi connectivity index (χ2n) is 4.72. The van der Waals surface area contributed by atoms with Gasteiger partial charge < -0.3 is 10.1 Å². The van der Waals surface area contributed by atoms with Crippen LogP contribution in [0.2, 0.25) is 0 Å². The molecule has 1 aromatic rings. The van der Waals surface area contributed by atoms with Crippen molar-refractivity contribution >= 4 is 21.9 Å². The van der Waals surface area contributed by atoms with Gasteiger partial charge in [-0.1, -0.05) is 41.9 Å². The Balaban J connectivity index is 2.70. The van der Waals surface area contributed by atoms with Crippen molar-refractivity contribution < 1.29 is 9.53 Å². The van der Waals surface area contributed by atoms with Crippen LogP contribution in [0.25, 0.3) is 0 Å². The molecule has 3 nitrogen and oxygen atoms in total. The highest BCUT2D eigenvalue weighted by Gasteiger charge is 2.22. The zero-order valence-corrected chi connectivity index (χ0v) is 12.9. The van der Waals surface area contributed by atoms with Crippen LogP contribution in [-0.4, -0.2) is 19.1 Å². The topological polar surface area (TPSA) is 38.3 Å². The summed E-state index contributed by atoms with van der Waals surface area (Å²) in [5.41, 5.74) is 2.34. The SMILES string of the molecule is COC(=O)C(NCc1ccc(C)cc1Br)C(C)C. The van der Waals surface area contributed by atoms with Gasteiger partial charge >= 0.3 is 5.97 Å². The highest BCUT2D eigenvalue weighted by atomic mass is 79.9. The summed E-state index contributed by atoms with van der Waals surface area (Å²) < 4.78 is 5.86. The van der Waals surface area contributed by atoms with Crippen molar-refractivity contribution in [2.75, 3.05) is 7.11 Å². The average Bonchev–Trinajstić information content (AvgIpc) is 2.31. The van der Waals surface area contributed by atoms with Gasteiger partial charge in [0, 0.05) is 11.0 Å². The van der Waals surface area contributed by atoms with Crippen LogP contribution in [0.3, 0.4) is 0 Å². The second kappa shape index (κ2) is 6.90. The first-order chi connectivity index (χ1) is 8.45. The number of methoxy groups -OCH3 is 1. The molecule has 0 heterocycles. The molecule has 0 aliphatic carbocycles. The predicted octanol–water partition coefficient (Wildman–Crippen LogP) is 3.04. The highest BCUT2D eigenvalue weighted by molar-refractivity contribution is 9.10. The van der Waals surface area contributed by atoms with Crippen LogP contribution in [0.15, 0.2) is 22.7 Å². The summed E-state index contributed by atoms with van der Waals surface area (Å²) >= 11 is 3.53. The monoisotopic (exact) mass is 313 g/mol. The molecular formula is C14H20BrNO2. The third kappa shape index (κ3) is 4.10. The first-order valence-corrected chi connectivity index (χ1v) is 6.81. The summed E-state index contributed by atoms with van der Waals surface area (Å²) in [5.74, 6) is -0.0186. The van der Waals surface area contributed by atoms with Crippen LogP contribution in [0.5, 0.6) is 0 Å². The van der Waals surface area contributed by atoms with Crippen molar-refractivity contribution in [3.63, 3.8) is 0 Å². The van der Waals surface area contributed by atoms with Crippen LogP contribution in [0.1, 0.15) is 25.0 Å². The zero-order chi connectivity index (χ0) is 13.7. The third-order valence-corrected chi connectivity index (χ3v) is 3.58. The summed E-state index contributed by atoms with van der Waals surface area (Å²) in [6.07, 6.45) is 0. The number of esters is 1. The molecule has 0 bridgehead atoms. The number of benzene rings is 1. The van der Waals surface area contributed by atoms with Gasteiger partial charge in [0.1, 0.15) is 6.04 Å². The minimum atomic E-state index is -0.275. The van der Waals surface area contributed by atoms with Gasteiger partial charge in [-0.25, -0.2) is 0 Å². The lowest BCUT2D eigenvalue weighted by molar-refractivity contribution is -0.144. The highest BCUT2D eigenvalue weighted by Crippen LogP contribution is 2.18. The number of rotatable bonds is 5. The smallest absolute Gasteiger partial charge is 0.323 e. The molecule has 0 aromatic heterocycles. The van der Waals surface area contributed by atoms with Gasteiger partial charge in [0.15, 0.2) is 0 Å². The summed E-state index contributed by atoms with van der Waals surface area (Å²) in [6.45, 7) is 6.68. The lowest BCUT2D eigenvalue weighted by Gasteiger charge is -2.20. The number of carbonyl (C=O) groups is 1. The maximum Gasteiger partial charge on any atom is 0.323 e. The number of hydrogen-bond acceptors (Lipinski definition) is 3. The van der Waals surface area contributed by atoms with E-state index in [0.29, 0.717) is 6.54 Å². The molecule has 0 aliphatic heterocycles. The van der Waals surface area contributed by atoms with E-state index < -0.39 is 0 Å². The number of nitrogens with one attached hydrogen (secondary N) is 1. The fourth-order valence-electron chi connectivity index (χ4n) is 1.73. The fourth-order valence-corrected chi connectivity index (χ4v) is 2.37. The summed E-state index contributed by atoms with van der Waals surface area (Å²) in [7, 11) is 1.42. The van der Waals surface area contributed by atoms with E-state index in [4.69, 9.17) is 4.74 Å². The average molecular weight is 314 g/mol. The maximum absolute atomic E-state index is 11.6. The standard InChI is InChI=1S/C14H20BrNO2/c1-9(2)13(14(17)18-4)16-8-11-6-5-10(3)7-12(11)15/h5-7,9,13,16H,8H2,1-4H3. The summed E-state index contributed by atoms with van der Waals surface area (Å²) in [6, 6.07) is 5.91. The van der Waals surface area contributed by atoms with E-state index in [1.165, 1.54) is 12.7 Å².